The number of rotatable bonds is 4. The molecule has 1 aliphatic carbocycles. The minimum Gasteiger partial charge on any atom is -0.389 e. The third-order valence-electron chi connectivity index (χ3n) is 3.52. The monoisotopic (exact) mass is 307 g/mol. The van der Waals surface area contributed by atoms with Gasteiger partial charge in [-0.25, -0.2) is 13.4 Å². The number of sulfonamides is 1. The lowest BCUT2D eigenvalue weighted by Gasteiger charge is -2.27. The molecule has 1 fully saturated rings. The van der Waals surface area contributed by atoms with Crippen molar-refractivity contribution in [1.82, 2.24) is 13.9 Å². The van der Waals surface area contributed by atoms with Crippen LogP contribution in [0.15, 0.2) is 11.2 Å². The van der Waals surface area contributed by atoms with Gasteiger partial charge in [-0.3, -0.25) is 0 Å². The van der Waals surface area contributed by atoms with Crippen LogP contribution in [0.1, 0.15) is 25.7 Å². The summed E-state index contributed by atoms with van der Waals surface area (Å²) >= 11 is 5.76. The van der Waals surface area contributed by atoms with Crippen molar-refractivity contribution in [2.24, 2.45) is 7.05 Å². The summed E-state index contributed by atoms with van der Waals surface area (Å²) in [5.74, 6) is 0. The number of aromatic nitrogens is 2. The Hall–Kier alpha value is -0.630. The van der Waals surface area contributed by atoms with Gasteiger partial charge in [0.15, 0.2) is 5.03 Å². The van der Waals surface area contributed by atoms with Crippen LogP contribution in [-0.4, -0.2) is 46.6 Å². The number of hydrogen-bond donors (Lipinski definition) is 1. The van der Waals surface area contributed by atoms with Crippen molar-refractivity contribution in [3.05, 3.63) is 11.5 Å². The average molecular weight is 308 g/mol. The van der Waals surface area contributed by atoms with Crippen LogP contribution < -0.4 is 0 Å². The number of likely N-dealkylation sites (N-methyl/N-ethyl adjacent to an activating group) is 1. The quantitative estimate of drug-likeness (QED) is 0.900. The fourth-order valence-corrected chi connectivity index (χ4v) is 3.80. The van der Waals surface area contributed by atoms with Gasteiger partial charge in [-0.05, 0) is 24.4 Å². The second-order valence-electron chi connectivity index (χ2n) is 5.15. The Labute approximate surface area is 118 Å². The maximum absolute atomic E-state index is 12.3. The van der Waals surface area contributed by atoms with E-state index in [1.165, 1.54) is 17.8 Å². The molecule has 8 heteroatoms. The second-order valence-corrected chi connectivity index (χ2v) is 7.48. The Morgan fingerprint density at radius 3 is 2.58 bits per heavy atom. The molecule has 1 N–H and O–H groups in total. The number of halogens is 1. The van der Waals surface area contributed by atoms with E-state index in [-0.39, 0.29) is 16.9 Å². The van der Waals surface area contributed by atoms with Gasteiger partial charge in [0, 0.05) is 26.8 Å². The largest absolute Gasteiger partial charge is 0.389 e. The third-order valence-corrected chi connectivity index (χ3v) is 5.55. The smallest absolute Gasteiger partial charge is 0.261 e. The average Bonchev–Trinajstić information content (AvgIpc) is 2.87. The molecule has 1 aromatic heterocycles. The predicted octanol–water partition coefficient (Wildman–Crippen LogP) is 0.999. The molecule has 0 bridgehead atoms. The van der Waals surface area contributed by atoms with Gasteiger partial charge in [0.25, 0.3) is 10.0 Å². The molecule has 1 aromatic rings. The van der Waals surface area contributed by atoms with Gasteiger partial charge >= 0.3 is 0 Å². The van der Waals surface area contributed by atoms with Crippen molar-refractivity contribution in [3.8, 4) is 0 Å². The first-order valence-corrected chi connectivity index (χ1v) is 7.94. The van der Waals surface area contributed by atoms with Crippen molar-refractivity contribution < 1.29 is 13.5 Å². The number of imidazole rings is 1. The Morgan fingerprint density at radius 1 is 1.53 bits per heavy atom. The zero-order valence-corrected chi connectivity index (χ0v) is 12.6. The Kier molecular flexibility index (Phi) is 3.92. The number of hydrogen-bond acceptors (Lipinski definition) is 4. The van der Waals surface area contributed by atoms with Crippen LogP contribution in [0.3, 0.4) is 0 Å². The second kappa shape index (κ2) is 5.05. The fourth-order valence-electron chi connectivity index (χ4n) is 2.39. The van der Waals surface area contributed by atoms with Gasteiger partial charge in [0.1, 0.15) is 0 Å². The molecule has 0 unspecified atom stereocenters. The number of nitrogens with zero attached hydrogens (tertiary/aromatic N) is 3. The predicted molar refractivity (Wildman–Crippen MR) is 71.5 cm³/mol. The molecule has 0 atom stereocenters. The molecule has 0 radical (unpaired) electrons. The maximum Gasteiger partial charge on any atom is 0.261 e. The molecule has 0 amide bonds. The number of aliphatic hydroxyl groups is 1. The molecule has 0 saturated heterocycles. The van der Waals surface area contributed by atoms with Gasteiger partial charge in [-0.2, -0.15) is 4.31 Å². The van der Waals surface area contributed by atoms with Crippen LogP contribution >= 0.6 is 11.6 Å². The van der Waals surface area contributed by atoms with E-state index in [1.54, 1.807) is 7.05 Å². The van der Waals surface area contributed by atoms with Crippen molar-refractivity contribution in [2.45, 2.75) is 36.3 Å². The fraction of sp³-hybridized carbons (Fsp3) is 0.727. The highest BCUT2D eigenvalue weighted by molar-refractivity contribution is 7.89. The van der Waals surface area contributed by atoms with Crippen molar-refractivity contribution >= 4 is 21.6 Å². The normalized spacial score (nSPS) is 19.2. The minimum atomic E-state index is -3.71. The third kappa shape index (κ3) is 2.94. The van der Waals surface area contributed by atoms with Crippen LogP contribution in [0.2, 0.25) is 5.28 Å². The molecule has 0 aliphatic heterocycles. The van der Waals surface area contributed by atoms with E-state index < -0.39 is 15.6 Å². The van der Waals surface area contributed by atoms with E-state index in [2.05, 4.69) is 4.98 Å². The van der Waals surface area contributed by atoms with Crippen LogP contribution in [0.25, 0.3) is 0 Å². The van der Waals surface area contributed by atoms with Crippen LogP contribution in [0.4, 0.5) is 0 Å². The van der Waals surface area contributed by atoms with Crippen molar-refractivity contribution in [1.29, 1.82) is 0 Å². The Bertz CT molecular complexity index is 544. The molecule has 19 heavy (non-hydrogen) atoms. The lowest BCUT2D eigenvalue weighted by Crippen LogP contribution is -2.42. The van der Waals surface area contributed by atoms with E-state index in [4.69, 9.17) is 11.6 Å². The molecular formula is C11H18ClN3O3S. The highest BCUT2D eigenvalue weighted by atomic mass is 35.5. The first kappa shape index (κ1) is 14.8. The molecular weight excluding hydrogens is 290 g/mol. The zero-order chi connectivity index (χ0) is 14.3. The van der Waals surface area contributed by atoms with Gasteiger partial charge in [0.05, 0.1) is 5.60 Å². The van der Waals surface area contributed by atoms with Crippen molar-refractivity contribution in [2.75, 3.05) is 13.6 Å². The van der Waals surface area contributed by atoms with Gasteiger partial charge in [-0.15, -0.1) is 0 Å². The molecule has 0 aromatic carbocycles. The van der Waals surface area contributed by atoms with E-state index >= 15 is 0 Å². The van der Waals surface area contributed by atoms with Crippen molar-refractivity contribution in [3.63, 3.8) is 0 Å². The molecule has 1 saturated carbocycles. The Balaban J connectivity index is 2.19. The summed E-state index contributed by atoms with van der Waals surface area (Å²) < 4.78 is 27.2. The maximum atomic E-state index is 12.3. The first-order chi connectivity index (χ1) is 8.74. The lowest BCUT2D eigenvalue weighted by molar-refractivity contribution is 0.0333. The summed E-state index contributed by atoms with van der Waals surface area (Å²) in [6, 6.07) is 0. The molecule has 2 rings (SSSR count). The number of aryl methyl sites for hydroxylation is 1. The van der Waals surface area contributed by atoms with Crippen LogP contribution in [-0.2, 0) is 17.1 Å². The zero-order valence-electron chi connectivity index (χ0n) is 11.0. The highest BCUT2D eigenvalue weighted by Crippen LogP contribution is 2.31. The SMILES string of the molecule is CN(CC1(O)CCCC1)S(=O)(=O)c1cn(C)c(Cl)n1. The standard InChI is InChI=1S/C11H18ClN3O3S/c1-14-7-9(13-10(14)12)19(17,18)15(2)8-11(16)5-3-4-6-11/h7,16H,3-6,8H2,1-2H3. The summed E-state index contributed by atoms with van der Waals surface area (Å²) in [7, 11) is -0.633. The molecule has 6 nitrogen and oxygen atoms in total. The summed E-state index contributed by atoms with van der Waals surface area (Å²) in [5, 5.41) is 10.3. The molecule has 0 spiro atoms. The topological polar surface area (TPSA) is 75.4 Å². The van der Waals surface area contributed by atoms with Gasteiger partial charge in [0.2, 0.25) is 5.28 Å². The van der Waals surface area contributed by atoms with E-state index in [1.807, 2.05) is 0 Å². The Morgan fingerprint density at radius 2 is 2.11 bits per heavy atom. The van der Waals surface area contributed by atoms with Gasteiger partial charge < -0.3 is 9.67 Å². The van der Waals surface area contributed by atoms with E-state index in [0.717, 1.165) is 17.1 Å². The van der Waals surface area contributed by atoms with E-state index in [9.17, 15) is 13.5 Å². The highest BCUT2D eigenvalue weighted by Gasteiger charge is 2.36. The van der Waals surface area contributed by atoms with Crippen LogP contribution in [0.5, 0.6) is 0 Å². The summed E-state index contributed by atoms with van der Waals surface area (Å²) in [6.45, 7) is 0.0868. The molecule has 108 valence electrons. The molecule has 1 aliphatic rings. The summed E-state index contributed by atoms with van der Waals surface area (Å²) in [4.78, 5) is 3.82. The summed E-state index contributed by atoms with van der Waals surface area (Å²) in [5.41, 5.74) is -0.916. The summed E-state index contributed by atoms with van der Waals surface area (Å²) in [6.07, 6.45) is 4.50. The lowest BCUT2D eigenvalue weighted by atomic mass is 10.0. The molecule has 1 heterocycles. The van der Waals surface area contributed by atoms with Crippen LogP contribution in [0, 0.1) is 0 Å². The first-order valence-electron chi connectivity index (χ1n) is 6.12. The minimum absolute atomic E-state index is 0.0868. The van der Waals surface area contributed by atoms with E-state index in [0.29, 0.717) is 12.8 Å². The van der Waals surface area contributed by atoms with Gasteiger partial charge in [-0.1, -0.05) is 12.8 Å².